The van der Waals surface area contributed by atoms with Crippen LogP contribution in [0.1, 0.15) is 20.7 Å². The molecule has 27 heavy (non-hydrogen) atoms. The minimum absolute atomic E-state index is 0.107. The van der Waals surface area contributed by atoms with Gasteiger partial charge in [0.15, 0.2) is 0 Å². The van der Waals surface area contributed by atoms with Gasteiger partial charge in [-0.2, -0.15) is 0 Å². The van der Waals surface area contributed by atoms with Crippen molar-refractivity contribution >= 4 is 33.9 Å². The quantitative estimate of drug-likeness (QED) is 0.401. The lowest BCUT2D eigenvalue weighted by Crippen LogP contribution is -2.14. The van der Waals surface area contributed by atoms with E-state index in [9.17, 15) is 19.7 Å². The molecule has 3 aromatic rings. The summed E-state index contributed by atoms with van der Waals surface area (Å²) in [6, 6.07) is 14.5. The first kappa shape index (κ1) is 18.3. The summed E-state index contributed by atoms with van der Waals surface area (Å²) in [4.78, 5) is 34.9. The van der Waals surface area contributed by atoms with Crippen molar-refractivity contribution in [1.82, 2.24) is 0 Å². The van der Waals surface area contributed by atoms with E-state index in [0.717, 1.165) is 5.56 Å². The van der Waals surface area contributed by atoms with Crippen LogP contribution >= 0.6 is 11.3 Å². The van der Waals surface area contributed by atoms with Crippen LogP contribution in [0.3, 0.4) is 0 Å². The van der Waals surface area contributed by atoms with Crippen molar-refractivity contribution in [3.8, 4) is 11.1 Å². The van der Waals surface area contributed by atoms with Crippen LogP contribution in [-0.2, 0) is 4.74 Å². The molecule has 0 spiro atoms. The number of hydrogen-bond acceptors (Lipinski definition) is 6. The fourth-order valence-corrected chi connectivity index (χ4v) is 3.45. The number of methoxy groups -OCH3 is 1. The Bertz CT molecular complexity index is 997. The third kappa shape index (κ3) is 3.85. The molecule has 0 aliphatic rings. The minimum atomic E-state index is -0.561. The van der Waals surface area contributed by atoms with Crippen LogP contribution < -0.4 is 5.32 Å². The maximum Gasteiger partial charge on any atom is 0.341 e. The number of anilines is 1. The number of benzene rings is 2. The van der Waals surface area contributed by atoms with Gasteiger partial charge in [0, 0.05) is 28.6 Å². The zero-order valence-electron chi connectivity index (χ0n) is 14.2. The fraction of sp³-hybridized carbons (Fsp3) is 0.0526. The molecule has 2 aromatic carbocycles. The normalized spacial score (nSPS) is 10.3. The molecule has 3 rings (SSSR count). The van der Waals surface area contributed by atoms with Gasteiger partial charge in [-0.05, 0) is 17.7 Å². The van der Waals surface area contributed by atoms with Crippen molar-refractivity contribution in [2.75, 3.05) is 12.4 Å². The van der Waals surface area contributed by atoms with Crippen LogP contribution in [0.15, 0.2) is 60.0 Å². The Morgan fingerprint density at radius 2 is 1.74 bits per heavy atom. The number of hydrogen-bond donors (Lipinski definition) is 1. The molecule has 8 heteroatoms. The topological polar surface area (TPSA) is 98.5 Å². The summed E-state index contributed by atoms with van der Waals surface area (Å²) in [6.45, 7) is 0. The predicted molar refractivity (Wildman–Crippen MR) is 102 cm³/mol. The van der Waals surface area contributed by atoms with Gasteiger partial charge in [-0.1, -0.05) is 30.3 Å². The fourth-order valence-electron chi connectivity index (χ4n) is 2.49. The Labute approximate surface area is 158 Å². The Morgan fingerprint density at radius 3 is 2.33 bits per heavy atom. The molecule has 136 valence electrons. The Kier molecular flexibility index (Phi) is 5.28. The summed E-state index contributed by atoms with van der Waals surface area (Å²) < 4.78 is 4.87. The smallest absolute Gasteiger partial charge is 0.341 e. The number of carbonyl (C=O) groups excluding carboxylic acids is 2. The molecule has 0 saturated carbocycles. The molecule has 0 radical (unpaired) electrons. The molecule has 0 saturated heterocycles. The minimum Gasteiger partial charge on any atom is -0.465 e. The molecule has 0 aliphatic heterocycles. The number of thiophene rings is 1. The van der Waals surface area contributed by atoms with E-state index < -0.39 is 16.8 Å². The standard InChI is InChI=1S/C19H14N2O5S/c1-26-19(23)16-15(12-5-3-2-4-6-12)11-27-18(16)20-17(22)13-7-9-14(10-8-13)21(24)25/h2-11H,1H3,(H,20,22). The third-order valence-corrected chi connectivity index (χ3v) is 4.73. The molecule has 0 bridgehead atoms. The zero-order chi connectivity index (χ0) is 19.4. The molecule has 1 amide bonds. The van der Waals surface area contributed by atoms with Gasteiger partial charge in [0.2, 0.25) is 0 Å². The summed E-state index contributed by atoms with van der Waals surface area (Å²) in [5.41, 5.74) is 1.88. The molecule has 0 fully saturated rings. The third-order valence-electron chi connectivity index (χ3n) is 3.83. The van der Waals surface area contributed by atoms with Crippen LogP contribution in [0.25, 0.3) is 11.1 Å². The highest BCUT2D eigenvalue weighted by Gasteiger charge is 2.22. The van der Waals surface area contributed by atoms with Gasteiger partial charge in [-0.3, -0.25) is 14.9 Å². The SMILES string of the molecule is COC(=O)c1c(-c2ccccc2)csc1NC(=O)c1ccc([N+](=O)[O-])cc1. The number of nitrogens with zero attached hydrogens (tertiary/aromatic N) is 1. The average Bonchev–Trinajstić information content (AvgIpc) is 3.11. The number of nitro benzene ring substituents is 1. The van der Waals surface area contributed by atoms with E-state index in [2.05, 4.69) is 5.32 Å². The van der Waals surface area contributed by atoms with Gasteiger partial charge in [0.05, 0.1) is 12.0 Å². The first-order chi connectivity index (χ1) is 13.0. The largest absolute Gasteiger partial charge is 0.465 e. The van der Waals surface area contributed by atoms with Crippen LogP contribution in [0, 0.1) is 10.1 Å². The molecule has 1 N–H and O–H groups in total. The van der Waals surface area contributed by atoms with E-state index in [1.54, 1.807) is 5.38 Å². The van der Waals surface area contributed by atoms with Crippen molar-refractivity contribution in [1.29, 1.82) is 0 Å². The predicted octanol–water partition coefficient (Wildman–Crippen LogP) is 4.36. The second kappa shape index (κ2) is 7.79. The number of rotatable bonds is 5. The first-order valence-corrected chi connectivity index (χ1v) is 8.70. The molecule has 1 aromatic heterocycles. The lowest BCUT2D eigenvalue weighted by molar-refractivity contribution is -0.384. The second-order valence-electron chi connectivity index (χ2n) is 5.47. The highest BCUT2D eigenvalue weighted by Crippen LogP contribution is 2.36. The van der Waals surface area contributed by atoms with Gasteiger partial charge < -0.3 is 10.1 Å². The van der Waals surface area contributed by atoms with Gasteiger partial charge in [0.25, 0.3) is 11.6 Å². The summed E-state index contributed by atoms with van der Waals surface area (Å²) in [5.74, 6) is -1.04. The molecule has 0 aliphatic carbocycles. The Hall–Kier alpha value is -3.52. The van der Waals surface area contributed by atoms with E-state index in [-0.39, 0.29) is 16.8 Å². The van der Waals surface area contributed by atoms with Crippen molar-refractivity contribution in [2.24, 2.45) is 0 Å². The van der Waals surface area contributed by atoms with E-state index in [1.165, 1.54) is 42.7 Å². The number of amides is 1. The lowest BCUT2D eigenvalue weighted by atomic mass is 10.0. The van der Waals surface area contributed by atoms with Crippen LogP contribution in [0.2, 0.25) is 0 Å². The van der Waals surface area contributed by atoms with E-state index in [0.29, 0.717) is 10.6 Å². The molecule has 7 nitrogen and oxygen atoms in total. The average molecular weight is 382 g/mol. The number of non-ortho nitro benzene ring substituents is 1. The number of ether oxygens (including phenoxy) is 1. The van der Waals surface area contributed by atoms with E-state index >= 15 is 0 Å². The number of nitrogens with one attached hydrogen (secondary N) is 1. The van der Waals surface area contributed by atoms with Crippen molar-refractivity contribution in [2.45, 2.75) is 0 Å². The Balaban J connectivity index is 1.92. The van der Waals surface area contributed by atoms with Crippen molar-refractivity contribution < 1.29 is 19.2 Å². The molecule has 0 atom stereocenters. The first-order valence-electron chi connectivity index (χ1n) is 7.82. The molecule has 1 heterocycles. The summed E-state index contributed by atoms with van der Waals surface area (Å²) in [7, 11) is 1.27. The van der Waals surface area contributed by atoms with E-state index in [4.69, 9.17) is 4.74 Å². The monoisotopic (exact) mass is 382 g/mol. The van der Waals surface area contributed by atoms with Gasteiger partial charge >= 0.3 is 5.97 Å². The van der Waals surface area contributed by atoms with Crippen molar-refractivity contribution in [3.63, 3.8) is 0 Å². The number of nitro groups is 1. The van der Waals surface area contributed by atoms with Gasteiger partial charge in [-0.15, -0.1) is 11.3 Å². The second-order valence-corrected chi connectivity index (χ2v) is 6.35. The summed E-state index contributed by atoms with van der Waals surface area (Å²) in [5, 5.41) is 15.5. The van der Waals surface area contributed by atoms with Crippen LogP contribution in [-0.4, -0.2) is 23.9 Å². The van der Waals surface area contributed by atoms with Crippen LogP contribution in [0.4, 0.5) is 10.7 Å². The summed E-state index contributed by atoms with van der Waals surface area (Å²) in [6.07, 6.45) is 0. The molecular formula is C19H14N2O5S. The molecular weight excluding hydrogens is 368 g/mol. The van der Waals surface area contributed by atoms with Gasteiger partial charge in [0.1, 0.15) is 10.6 Å². The Morgan fingerprint density at radius 1 is 1.07 bits per heavy atom. The maximum absolute atomic E-state index is 12.5. The highest BCUT2D eigenvalue weighted by molar-refractivity contribution is 7.15. The highest BCUT2D eigenvalue weighted by atomic mass is 32.1. The van der Waals surface area contributed by atoms with E-state index in [1.807, 2.05) is 30.3 Å². The lowest BCUT2D eigenvalue weighted by Gasteiger charge is -2.08. The van der Waals surface area contributed by atoms with Crippen molar-refractivity contribution in [3.05, 3.63) is 81.2 Å². The summed E-state index contributed by atoms with van der Waals surface area (Å²) >= 11 is 1.20. The van der Waals surface area contributed by atoms with Gasteiger partial charge in [-0.25, -0.2) is 4.79 Å². The zero-order valence-corrected chi connectivity index (χ0v) is 15.0. The van der Waals surface area contributed by atoms with Crippen LogP contribution in [0.5, 0.6) is 0 Å². The maximum atomic E-state index is 12.5. The molecule has 0 unspecified atom stereocenters. The number of carbonyl (C=O) groups is 2. The number of esters is 1.